The predicted octanol–water partition coefficient (Wildman–Crippen LogP) is 3.17. The number of fused-ring (bicyclic) bond motifs is 1. The van der Waals surface area contributed by atoms with E-state index in [0.29, 0.717) is 28.2 Å². The zero-order valence-electron chi connectivity index (χ0n) is 14.3. The van der Waals surface area contributed by atoms with Crippen molar-refractivity contribution in [1.82, 2.24) is 10.2 Å². The molecule has 1 aliphatic heterocycles. The average Bonchev–Trinajstić information content (AvgIpc) is 3.02. The first-order valence-electron chi connectivity index (χ1n) is 8.64. The molecule has 0 bridgehead atoms. The quantitative estimate of drug-likeness (QED) is 0.838. The first kappa shape index (κ1) is 18.5. The predicted molar refractivity (Wildman–Crippen MR) is 100.0 cm³/mol. The number of likely N-dealkylation sites (N-methyl/N-ethyl adjacent to an activating group) is 1. The van der Waals surface area contributed by atoms with Crippen LogP contribution in [-0.2, 0) is 9.59 Å². The fourth-order valence-electron chi connectivity index (χ4n) is 4.13. The van der Waals surface area contributed by atoms with Crippen LogP contribution in [0.2, 0.25) is 10.0 Å². The summed E-state index contributed by atoms with van der Waals surface area (Å²) in [5.41, 5.74) is 0.0305. The SMILES string of the molecule is CN(CC(=O)Nc1c(Cl)cccc1Cl)C(=O)[C@@]12CCCC[C@H]1CNC2. The molecule has 2 fully saturated rings. The number of para-hydroxylation sites is 1. The number of hydrogen-bond acceptors (Lipinski definition) is 3. The van der Waals surface area contributed by atoms with Crippen LogP contribution in [0.15, 0.2) is 18.2 Å². The number of anilines is 1. The van der Waals surface area contributed by atoms with E-state index in [4.69, 9.17) is 23.2 Å². The molecule has 1 heterocycles. The fraction of sp³-hybridized carbons (Fsp3) is 0.556. The molecule has 0 unspecified atom stereocenters. The van der Waals surface area contributed by atoms with Gasteiger partial charge in [-0.3, -0.25) is 9.59 Å². The van der Waals surface area contributed by atoms with Gasteiger partial charge in [0.2, 0.25) is 11.8 Å². The summed E-state index contributed by atoms with van der Waals surface area (Å²) in [6.45, 7) is 1.58. The highest BCUT2D eigenvalue weighted by molar-refractivity contribution is 6.39. The molecule has 7 heteroatoms. The largest absolute Gasteiger partial charge is 0.336 e. The zero-order chi connectivity index (χ0) is 18.0. The van der Waals surface area contributed by atoms with Crippen LogP contribution in [-0.4, -0.2) is 43.4 Å². The smallest absolute Gasteiger partial charge is 0.244 e. The van der Waals surface area contributed by atoms with Crippen molar-refractivity contribution in [3.05, 3.63) is 28.2 Å². The van der Waals surface area contributed by atoms with Crippen molar-refractivity contribution in [1.29, 1.82) is 0 Å². The van der Waals surface area contributed by atoms with Gasteiger partial charge in [0.1, 0.15) is 0 Å². The Morgan fingerprint density at radius 1 is 1.32 bits per heavy atom. The second kappa shape index (κ2) is 7.52. The van der Waals surface area contributed by atoms with Gasteiger partial charge in [-0.2, -0.15) is 0 Å². The van der Waals surface area contributed by atoms with E-state index in [9.17, 15) is 9.59 Å². The molecule has 5 nitrogen and oxygen atoms in total. The van der Waals surface area contributed by atoms with E-state index in [0.717, 1.165) is 25.8 Å². The van der Waals surface area contributed by atoms with Crippen LogP contribution in [0, 0.1) is 11.3 Å². The van der Waals surface area contributed by atoms with Crippen molar-refractivity contribution >= 4 is 40.7 Å². The first-order chi connectivity index (χ1) is 11.9. The molecule has 1 saturated heterocycles. The number of nitrogens with zero attached hydrogens (tertiary/aromatic N) is 1. The van der Waals surface area contributed by atoms with Gasteiger partial charge in [-0.15, -0.1) is 0 Å². The molecule has 25 heavy (non-hydrogen) atoms. The van der Waals surface area contributed by atoms with Crippen LogP contribution in [0.25, 0.3) is 0 Å². The molecule has 136 valence electrons. The van der Waals surface area contributed by atoms with Crippen LogP contribution in [0.4, 0.5) is 5.69 Å². The summed E-state index contributed by atoms with van der Waals surface area (Å²) < 4.78 is 0. The van der Waals surface area contributed by atoms with Gasteiger partial charge >= 0.3 is 0 Å². The second-order valence-corrected chi connectivity index (χ2v) is 7.85. The van der Waals surface area contributed by atoms with Crippen molar-refractivity contribution < 1.29 is 9.59 Å². The lowest BCUT2D eigenvalue weighted by molar-refractivity contribution is -0.145. The summed E-state index contributed by atoms with van der Waals surface area (Å²) >= 11 is 12.2. The molecular weight excluding hydrogens is 361 g/mol. The first-order valence-corrected chi connectivity index (χ1v) is 9.40. The van der Waals surface area contributed by atoms with Crippen LogP contribution in [0.3, 0.4) is 0 Å². The summed E-state index contributed by atoms with van der Waals surface area (Å²) in [7, 11) is 1.69. The van der Waals surface area contributed by atoms with E-state index in [1.165, 1.54) is 11.3 Å². The summed E-state index contributed by atoms with van der Waals surface area (Å²) in [5.74, 6) is 0.125. The number of rotatable bonds is 4. The molecule has 0 spiro atoms. The van der Waals surface area contributed by atoms with Crippen molar-refractivity contribution in [2.24, 2.45) is 11.3 Å². The Kier molecular flexibility index (Phi) is 5.56. The van der Waals surface area contributed by atoms with E-state index < -0.39 is 0 Å². The number of amides is 2. The van der Waals surface area contributed by atoms with Crippen molar-refractivity contribution in [3.63, 3.8) is 0 Å². The van der Waals surface area contributed by atoms with Crippen molar-refractivity contribution in [2.45, 2.75) is 25.7 Å². The molecule has 1 aromatic rings. The molecule has 2 aliphatic rings. The number of carbonyl (C=O) groups is 2. The molecule has 1 saturated carbocycles. The maximum absolute atomic E-state index is 13.1. The molecule has 1 aliphatic carbocycles. The Hall–Kier alpha value is -1.30. The van der Waals surface area contributed by atoms with Gasteiger partial charge in [0.05, 0.1) is 27.7 Å². The highest BCUT2D eigenvalue weighted by atomic mass is 35.5. The monoisotopic (exact) mass is 383 g/mol. The van der Waals surface area contributed by atoms with Gasteiger partial charge in [0.25, 0.3) is 0 Å². The Bertz CT molecular complexity index is 662. The number of halogens is 2. The maximum atomic E-state index is 13.1. The molecule has 2 atom stereocenters. The third-order valence-electron chi connectivity index (χ3n) is 5.42. The Morgan fingerprint density at radius 2 is 2.04 bits per heavy atom. The number of hydrogen-bond donors (Lipinski definition) is 2. The van der Waals surface area contributed by atoms with Gasteiger partial charge in [0, 0.05) is 13.6 Å². The highest BCUT2D eigenvalue weighted by Crippen LogP contribution is 2.44. The third kappa shape index (κ3) is 3.64. The zero-order valence-corrected chi connectivity index (χ0v) is 15.8. The highest BCUT2D eigenvalue weighted by Gasteiger charge is 2.51. The number of benzene rings is 1. The van der Waals surface area contributed by atoms with Gasteiger partial charge in [0.15, 0.2) is 0 Å². The molecule has 2 N–H and O–H groups in total. The second-order valence-electron chi connectivity index (χ2n) is 7.04. The van der Waals surface area contributed by atoms with E-state index in [-0.39, 0.29) is 23.8 Å². The van der Waals surface area contributed by atoms with E-state index in [1.54, 1.807) is 25.2 Å². The summed E-state index contributed by atoms with van der Waals surface area (Å²) in [5, 5.41) is 6.83. The summed E-state index contributed by atoms with van der Waals surface area (Å²) in [6.07, 6.45) is 4.22. The maximum Gasteiger partial charge on any atom is 0.244 e. The van der Waals surface area contributed by atoms with Crippen molar-refractivity contribution in [2.75, 3.05) is 32.0 Å². The lowest BCUT2D eigenvalue weighted by Crippen LogP contribution is -2.50. The Morgan fingerprint density at radius 3 is 2.76 bits per heavy atom. The molecule has 1 aromatic carbocycles. The van der Waals surface area contributed by atoms with Gasteiger partial charge in [-0.25, -0.2) is 0 Å². The number of nitrogens with one attached hydrogen (secondary N) is 2. The molecule has 3 rings (SSSR count). The lowest BCUT2D eigenvalue weighted by atomic mass is 9.67. The van der Waals surface area contributed by atoms with E-state index in [1.807, 2.05) is 0 Å². The topological polar surface area (TPSA) is 61.4 Å². The minimum atomic E-state index is -0.352. The number of carbonyl (C=O) groups excluding carboxylic acids is 2. The van der Waals surface area contributed by atoms with E-state index >= 15 is 0 Å². The summed E-state index contributed by atoms with van der Waals surface area (Å²) in [4.78, 5) is 27.0. The molecule has 0 radical (unpaired) electrons. The van der Waals surface area contributed by atoms with Crippen LogP contribution >= 0.6 is 23.2 Å². The van der Waals surface area contributed by atoms with Gasteiger partial charge in [-0.1, -0.05) is 42.1 Å². The Balaban J connectivity index is 1.66. The van der Waals surface area contributed by atoms with E-state index in [2.05, 4.69) is 10.6 Å². The summed E-state index contributed by atoms with van der Waals surface area (Å²) in [6, 6.07) is 5.03. The molecule has 2 amide bonds. The third-order valence-corrected chi connectivity index (χ3v) is 6.05. The average molecular weight is 384 g/mol. The Labute approximate surface area is 158 Å². The molecule has 0 aromatic heterocycles. The van der Waals surface area contributed by atoms with Crippen LogP contribution in [0.5, 0.6) is 0 Å². The molecular formula is C18H23Cl2N3O2. The van der Waals surface area contributed by atoms with Gasteiger partial charge in [-0.05, 0) is 37.4 Å². The lowest BCUT2D eigenvalue weighted by Gasteiger charge is -2.39. The standard InChI is InChI=1S/C18H23Cl2N3O2/c1-23(10-15(24)22-16-13(19)6-4-7-14(16)20)17(25)18-8-3-2-5-12(18)9-21-11-18/h4,6-7,12,21H,2-3,5,8-11H2,1H3,(H,22,24)/t12-,18+/m0/s1. The van der Waals surface area contributed by atoms with Crippen LogP contribution in [0.1, 0.15) is 25.7 Å². The minimum Gasteiger partial charge on any atom is -0.336 e. The van der Waals surface area contributed by atoms with Gasteiger partial charge < -0.3 is 15.5 Å². The minimum absolute atomic E-state index is 0.0190. The fourth-order valence-corrected chi connectivity index (χ4v) is 4.62. The van der Waals surface area contributed by atoms with Crippen LogP contribution < -0.4 is 10.6 Å². The normalized spacial score (nSPS) is 25.3. The van der Waals surface area contributed by atoms with Crippen molar-refractivity contribution in [3.8, 4) is 0 Å².